The first-order chi connectivity index (χ1) is 9.58. The zero-order valence-corrected chi connectivity index (χ0v) is 11.7. The van der Waals surface area contributed by atoms with Gasteiger partial charge in [0.05, 0.1) is 4.92 Å². The smallest absolute Gasteiger partial charge is 0.311 e. The lowest BCUT2D eigenvalue weighted by atomic mass is 10.2. The van der Waals surface area contributed by atoms with Gasteiger partial charge in [0, 0.05) is 25.2 Å². The van der Waals surface area contributed by atoms with Crippen molar-refractivity contribution in [3.8, 4) is 0 Å². The van der Waals surface area contributed by atoms with Crippen LogP contribution >= 0.6 is 0 Å². The number of nitrogens with two attached hydrogens (primary N) is 1. The van der Waals surface area contributed by atoms with Crippen LogP contribution in [0.5, 0.6) is 0 Å². The van der Waals surface area contributed by atoms with Crippen LogP contribution in [0.1, 0.15) is 25.7 Å². The van der Waals surface area contributed by atoms with E-state index in [0.29, 0.717) is 11.9 Å². The van der Waals surface area contributed by atoms with Gasteiger partial charge in [0.25, 0.3) is 0 Å². The second-order valence-corrected chi connectivity index (χ2v) is 5.20. The molecule has 0 amide bonds. The van der Waals surface area contributed by atoms with Gasteiger partial charge in [-0.2, -0.15) is 0 Å². The summed E-state index contributed by atoms with van der Waals surface area (Å²) in [6.07, 6.45) is 5.20. The number of nitrogens with zero attached hydrogens (tertiary/aromatic N) is 3. The fourth-order valence-electron chi connectivity index (χ4n) is 2.61. The first kappa shape index (κ1) is 14.5. The maximum Gasteiger partial charge on any atom is 0.311 e. The molecule has 0 aromatic carbocycles. The molecule has 1 aliphatic rings. The van der Waals surface area contributed by atoms with Crippen LogP contribution < -0.4 is 11.1 Å². The molecule has 0 aliphatic heterocycles. The lowest BCUT2D eigenvalue weighted by molar-refractivity contribution is -0.384. The minimum atomic E-state index is -0.528. The Morgan fingerprint density at radius 2 is 2.20 bits per heavy atom. The first-order valence-corrected chi connectivity index (χ1v) is 6.93. The number of hydrogen-bond donors (Lipinski definition) is 2. The third-order valence-electron chi connectivity index (χ3n) is 3.82. The van der Waals surface area contributed by atoms with Crippen LogP contribution in [0.2, 0.25) is 0 Å². The number of hydrogen-bond acceptors (Lipinski definition) is 6. The number of nitro groups is 1. The van der Waals surface area contributed by atoms with Crippen molar-refractivity contribution < 1.29 is 4.92 Å². The first-order valence-electron chi connectivity index (χ1n) is 6.93. The van der Waals surface area contributed by atoms with E-state index in [2.05, 4.69) is 22.2 Å². The average molecular weight is 279 g/mol. The van der Waals surface area contributed by atoms with E-state index >= 15 is 0 Å². The zero-order valence-electron chi connectivity index (χ0n) is 11.7. The number of nitrogens with one attached hydrogen (secondary N) is 1. The number of likely N-dealkylation sites (N-methyl/N-ethyl adjacent to an activating group) is 1. The Balaban J connectivity index is 1.82. The number of nitrogen functional groups attached to an aromatic ring is 1. The highest BCUT2D eigenvalue weighted by Gasteiger charge is 2.19. The van der Waals surface area contributed by atoms with Crippen LogP contribution in [0.25, 0.3) is 0 Å². The summed E-state index contributed by atoms with van der Waals surface area (Å²) in [5, 5.41) is 13.8. The minimum Gasteiger partial charge on any atom is -0.378 e. The summed E-state index contributed by atoms with van der Waals surface area (Å²) in [6.45, 7) is 1.67. The summed E-state index contributed by atoms with van der Waals surface area (Å²) in [7, 11) is 2.13. The van der Waals surface area contributed by atoms with E-state index in [-0.39, 0.29) is 11.5 Å². The molecule has 1 aliphatic carbocycles. The summed E-state index contributed by atoms with van der Waals surface area (Å²) in [4.78, 5) is 16.5. The Morgan fingerprint density at radius 3 is 2.80 bits per heavy atom. The summed E-state index contributed by atoms with van der Waals surface area (Å²) in [6, 6.07) is 3.65. The van der Waals surface area contributed by atoms with Gasteiger partial charge in [-0.15, -0.1) is 0 Å². The highest BCUT2D eigenvalue weighted by atomic mass is 16.6. The standard InChI is InChI=1S/C13H21N5O2/c1-17(10-4-2-3-5-10)9-8-15-12-7-6-11(18(19)20)13(14)16-12/h6-7,10H,2-5,8-9H2,1H3,(H3,14,15,16). The Bertz CT molecular complexity index is 474. The van der Waals surface area contributed by atoms with Crippen molar-refractivity contribution in [1.82, 2.24) is 9.88 Å². The van der Waals surface area contributed by atoms with Crippen LogP contribution in [-0.2, 0) is 0 Å². The van der Waals surface area contributed by atoms with Crippen molar-refractivity contribution in [1.29, 1.82) is 0 Å². The molecule has 0 unspecified atom stereocenters. The highest BCUT2D eigenvalue weighted by Crippen LogP contribution is 2.22. The van der Waals surface area contributed by atoms with E-state index in [1.165, 1.54) is 31.7 Å². The maximum absolute atomic E-state index is 10.6. The van der Waals surface area contributed by atoms with Crippen LogP contribution in [0.3, 0.4) is 0 Å². The number of aromatic nitrogens is 1. The molecule has 0 saturated heterocycles. The lowest BCUT2D eigenvalue weighted by Crippen LogP contribution is -2.33. The SMILES string of the molecule is CN(CCNc1ccc([N+](=O)[O-])c(N)n1)C1CCCC1. The Labute approximate surface area is 118 Å². The lowest BCUT2D eigenvalue weighted by Gasteiger charge is -2.24. The number of rotatable bonds is 6. The third-order valence-corrected chi connectivity index (χ3v) is 3.82. The average Bonchev–Trinajstić information content (AvgIpc) is 2.92. The van der Waals surface area contributed by atoms with Gasteiger partial charge in [0.15, 0.2) is 0 Å². The molecule has 1 aromatic heterocycles. The van der Waals surface area contributed by atoms with Gasteiger partial charge in [-0.05, 0) is 26.0 Å². The largest absolute Gasteiger partial charge is 0.378 e. The van der Waals surface area contributed by atoms with Crippen LogP contribution in [-0.4, -0.2) is 41.0 Å². The van der Waals surface area contributed by atoms with Gasteiger partial charge >= 0.3 is 5.69 Å². The summed E-state index contributed by atoms with van der Waals surface area (Å²) in [5.74, 6) is 0.525. The van der Waals surface area contributed by atoms with E-state index in [9.17, 15) is 10.1 Å². The van der Waals surface area contributed by atoms with Crippen molar-refractivity contribution in [3.05, 3.63) is 22.2 Å². The van der Waals surface area contributed by atoms with Gasteiger partial charge in [-0.3, -0.25) is 10.1 Å². The minimum absolute atomic E-state index is 0.0517. The fraction of sp³-hybridized carbons (Fsp3) is 0.615. The van der Waals surface area contributed by atoms with E-state index in [1.54, 1.807) is 6.07 Å². The molecule has 7 heteroatoms. The van der Waals surface area contributed by atoms with Gasteiger partial charge < -0.3 is 16.0 Å². The predicted molar refractivity (Wildman–Crippen MR) is 78.7 cm³/mol. The molecule has 3 N–H and O–H groups in total. The summed E-state index contributed by atoms with van der Waals surface area (Å²) in [5.41, 5.74) is 5.40. The summed E-state index contributed by atoms with van der Waals surface area (Å²) >= 11 is 0. The summed E-state index contributed by atoms with van der Waals surface area (Å²) < 4.78 is 0. The highest BCUT2D eigenvalue weighted by molar-refractivity contribution is 5.57. The van der Waals surface area contributed by atoms with Crippen LogP contribution in [0, 0.1) is 10.1 Å². The quantitative estimate of drug-likeness (QED) is 0.609. The Kier molecular flexibility index (Phi) is 4.73. The van der Waals surface area contributed by atoms with Crippen LogP contribution in [0.4, 0.5) is 17.3 Å². The van der Waals surface area contributed by atoms with Crippen LogP contribution in [0.15, 0.2) is 12.1 Å². The van der Waals surface area contributed by atoms with E-state index in [4.69, 9.17) is 5.73 Å². The van der Waals surface area contributed by atoms with E-state index in [0.717, 1.165) is 13.1 Å². The van der Waals surface area contributed by atoms with Crippen molar-refractivity contribution >= 4 is 17.3 Å². The van der Waals surface area contributed by atoms with Gasteiger partial charge in [-0.1, -0.05) is 12.8 Å². The zero-order chi connectivity index (χ0) is 14.5. The number of anilines is 2. The van der Waals surface area contributed by atoms with Gasteiger partial charge in [-0.25, -0.2) is 4.98 Å². The van der Waals surface area contributed by atoms with Gasteiger partial charge in [0.2, 0.25) is 5.82 Å². The fourth-order valence-corrected chi connectivity index (χ4v) is 2.61. The molecule has 0 bridgehead atoms. The molecule has 0 spiro atoms. The second-order valence-electron chi connectivity index (χ2n) is 5.20. The monoisotopic (exact) mass is 279 g/mol. The van der Waals surface area contributed by atoms with Crippen molar-refractivity contribution in [2.24, 2.45) is 0 Å². The normalized spacial score (nSPS) is 15.7. The molecule has 1 fully saturated rings. The molecular formula is C13H21N5O2. The molecule has 2 rings (SSSR count). The second kappa shape index (κ2) is 6.51. The predicted octanol–water partition coefficient (Wildman–Crippen LogP) is 1.86. The molecule has 1 heterocycles. The molecule has 7 nitrogen and oxygen atoms in total. The molecule has 1 aromatic rings. The Morgan fingerprint density at radius 1 is 1.50 bits per heavy atom. The van der Waals surface area contributed by atoms with Crippen molar-refractivity contribution in [2.75, 3.05) is 31.2 Å². The van der Waals surface area contributed by atoms with E-state index in [1.807, 2.05) is 0 Å². The van der Waals surface area contributed by atoms with E-state index < -0.39 is 4.92 Å². The molecule has 20 heavy (non-hydrogen) atoms. The number of pyridine rings is 1. The maximum atomic E-state index is 10.6. The molecule has 0 radical (unpaired) electrons. The van der Waals surface area contributed by atoms with Crippen molar-refractivity contribution in [2.45, 2.75) is 31.7 Å². The van der Waals surface area contributed by atoms with Crippen molar-refractivity contribution in [3.63, 3.8) is 0 Å². The topological polar surface area (TPSA) is 97.3 Å². The Hall–Kier alpha value is -1.89. The molecule has 110 valence electrons. The molecular weight excluding hydrogens is 258 g/mol. The van der Waals surface area contributed by atoms with Gasteiger partial charge in [0.1, 0.15) is 5.82 Å². The molecule has 0 atom stereocenters. The third kappa shape index (κ3) is 3.57. The molecule has 1 saturated carbocycles.